The summed E-state index contributed by atoms with van der Waals surface area (Å²) in [5, 5.41) is 18.1. The molecule has 0 radical (unpaired) electrons. The lowest BCUT2D eigenvalue weighted by atomic mass is 9.65. The summed E-state index contributed by atoms with van der Waals surface area (Å²) >= 11 is 5.89. The van der Waals surface area contributed by atoms with Crippen LogP contribution in [0.4, 0.5) is 5.69 Å². The van der Waals surface area contributed by atoms with Crippen LogP contribution in [-0.2, 0) is 25.7 Å². The molecule has 35 heavy (non-hydrogen) atoms. The monoisotopic (exact) mass is 496 g/mol. The van der Waals surface area contributed by atoms with E-state index in [1.807, 2.05) is 24.3 Å². The molecule has 3 N–H and O–H groups in total. The topological polar surface area (TPSA) is 105 Å². The highest BCUT2D eigenvalue weighted by atomic mass is 35.5. The van der Waals surface area contributed by atoms with Crippen molar-refractivity contribution < 1.29 is 24.2 Å². The number of benzene rings is 2. The molecule has 184 valence electrons. The molecule has 1 heterocycles. The number of carbonyl (C=O) groups is 3. The first-order valence-electron chi connectivity index (χ1n) is 12.2. The quantitative estimate of drug-likeness (QED) is 0.351. The maximum Gasteiger partial charge on any atom is 0.375 e. The molecule has 7 nitrogen and oxygen atoms in total. The van der Waals surface area contributed by atoms with Gasteiger partial charge >= 0.3 is 11.9 Å². The molecule has 2 aliphatic carbocycles. The molecular weight excluding hydrogens is 468 g/mol. The largest absolute Gasteiger partial charge is 0.480 e. The number of esters is 1. The van der Waals surface area contributed by atoms with Crippen LogP contribution >= 0.6 is 11.6 Å². The number of anilines is 1. The number of halogens is 1. The summed E-state index contributed by atoms with van der Waals surface area (Å²) < 4.78 is 5.25. The predicted molar refractivity (Wildman–Crippen MR) is 131 cm³/mol. The van der Waals surface area contributed by atoms with Gasteiger partial charge in [-0.3, -0.25) is 14.9 Å². The van der Waals surface area contributed by atoms with Crippen LogP contribution < -0.4 is 10.6 Å². The minimum Gasteiger partial charge on any atom is -0.480 e. The van der Waals surface area contributed by atoms with Crippen LogP contribution in [0.1, 0.15) is 55.6 Å². The SMILES string of the molecule is O=C(CC(NC1CC1)(C(=O)O)C1c2ccccc2N[C@@H]2CCC[C@H]12)C(=O)OCc1ccc(Cl)cc1. The van der Waals surface area contributed by atoms with Gasteiger partial charge in [-0.15, -0.1) is 0 Å². The first-order valence-corrected chi connectivity index (χ1v) is 12.6. The van der Waals surface area contributed by atoms with E-state index >= 15 is 0 Å². The predicted octanol–water partition coefficient (Wildman–Crippen LogP) is 4.30. The van der Waals surface area contributed by atoms with Gasteiger partial charge in [-0.05, 0) is 60.9 Å². The number of hydrogen-bond acceptors (Lipinski definition) is 6. The average Bonchev–Trinajstić information content (AvgIpc) is 3.54. The van der Waals surface area contributed by atoms with Gasteiger partial charge in [0.2, 0.25) is 5.78 Å². The fraction of sp³-hybridized carbons (Fsp3) is 0.444. The van der Waals surface area contributed by atoms with Crippen molar-refractivity contribution in [3.8, 4) is 0 Å². The molecule has 2 aromatic rings. The number of rotatable bonds is 9. The number of Topliss-reactive ketones (excluding diaryl/α,β-unsaturated/α-hetero) is 1. The van der Waals surface area contributed by atoms with Crippen molar-refractivity contribution in [3.05, 3.63) is 64.7 Å². The van der Waals surface area contributed by atoms with Crippen molar-refractivity contribution in [2.24, 2.45) is 5.92 Å². The molecule has 0 spiro atoms. The Morgan fingerprint density at radius 2 is 1.80 bits per heavy atom. The van der Waals surface area contributed by atoms with Gasteiger partial charge in [-0.25, -0.2) is 4.79 Å². The summed E-state index contributed by atoms with van der Waals surface area (Å²) in [6, 6.07) is 14.7. The zero-order valence-corrected chi connectivity index (χ0v) is 20.1. The van der Waals surface area contributed by atoms with Gasteiger partial charge in [0, 0.05) is 35.1 Å². The first-order chi connectivity index (χ1) is 16.9. The number of carboxylic acid groups (broad SMARTS) is 1. The number of aliphatic carboxylic acids is 1. The molecule has 3 aliphatic rings. The molecule has 2 aromatic carbocycles. The smallest absolute Gasteiger partial charge is 0.375 e. The van der Waals surface area contributed by atoms with E-state index in [9.17, 15) is 19.5 Å². The summed E-state index contributed by atoms with van der Waals surface area (Å²) in [6.45, 7) is -0.0846. The van der Waals surface area contributed by atoms with Crippen LogP contribution in [0.3, 0.4) is 0 Å². The number of nitrogens with one attached hydrogen (secondary N) is 2. The van der Waals surface area contributed by atoms with E-state index in [4.69, 9.17) is 16.3 Å². The number of para-hydroxylation sites is 1. The highest BCUT2D eigenvalue weighted by molar-refractivity contribution is 6.34. The molecular formula is C27H29ClN2O5. The number of fused-ring (bicyclic) bond motifs is 2. The number of hydrogen-bond donors (Lipinski definition) is 3. The minimum atomic E-state index is -1.59. The summed E-state index contributed by atoms with van der Waals surface area (Å²) in [5.74, 6) is -3.35. The minimum absolute atomic E-state index is 0.0193. The van der Waals surface area contributed by atoms with E-state index in [0.29, 0.717) is 10.6 Å². The van der Waals surface area contributed by atoms with Crippen molar-refractivity contribution >= 4 is 35.0 Å². The lowest BCUT2D eigenvalue weighted by Gasteiger charge is -2.46. The molecule has 2 unspecified atom stereocenters. The number of ketones is 1. The molecule has 0 bridgehead atoms. The van der Waals surface area contributed by atoms with E-state index in [-0.39, 0.29) is 24.6 Å². The summed E-state index contributed by atoms with van der Waals surface area (Å²) in [5.41, 5.74) is 0.885. The maximum absolute atomic E-state index is 13.2. The fourth-order valence-corrected chi connectivity index (χ4v) is 5.90. The van der Waals surface area contributed by atoms with Gasteiger partial charge in [-0.2, -0.15) is 0 Å². The van der Waals surface area contributed by atoms with Crippen LogP contribution in [0.25, 0.3) is 0 Å². The average molecular weight is 497 g/mol. The second kappa shape index (κ2) is 9.63. The molecule has 4 atom stereocenters. The number of carboxylic acids is 1. The van der Waals surface area contributed by atoms with Crippen molar-refractivity contribution in [1.29, 1.82) is 0 Å². The molecule has 0 aromatic heterocycles. The van der Waals surface area contributed by atoms with Gasteiger partial charge < -0.3 is 15.2 Å². The maximum atomic E-state index is 13.2. The number of carbonyl (C=O) groups excluding carboxylic acids is 2. The Morgan fingerprint density at radius 3 is 2.51 bits per heavy atom. The second-order valence-electron chi connectivity index (χ2n) is 9.91. The molecule has 0 saturated heterocycles. The Labute approximate surface area is 209 Å². The van der Waals surface area contributed by atoms with Crippen LogP contribution in [0.15, 0.2) is 48.5 Å². The fourth-order valence-electron chi connectivity index (χ4n) is 5.78. The lowest BCUT2D eigenvalue weighted by molar-refractivity contribution is -0.158. The van der Waals surface area contributed by atoms with Crippen molar-refractivity contribution in [1.82, 2.24) is 5.32 Å². The van der Waals surface area contributed by atoms with Gasteiger partial charge in [0.1, 0.15) is 12.1 Å². The summed E-state index contributed by atoms with van der Waals surface area (Å²) in [7, 11) is 0. The molecule has 0 amide bonds. The Bertz CT molecular complexity index is 1130. The normalized spacial score (nSPS) is 24.4. The van der Waals surface area contributed by atoms with Crippen molar-refractivity contribution in [3.63, 3.8) is 0 Å². The van der Waals surface area contributed by atoms with Crippen LogP contribution in [0.2, 0.25) is 5.02 Å². The molecule has 2 saturated carbocycles. The van der Waals surface area contributed by atoms with Crippen LogP contribution in [-0.4, -0.2) is 40.5 Å². The zero-order chi connectivity index (χ0) is 24.6. The van der Waals surface area contributed by atoms with E-state index < -0.39 is 35.6 Å². The summed E-state index contributed by atoms with van der Waals surface area (Å²) in [6.07, 6.45) is 4.05. The van der Waals surface area contributed by atoms with E-state index in [1.54, 1.807) is 24.3 Å². The second-order valence-corrected chi connectivity index (χ2v) is 10.3. The number of ether oxygens (including phenoxy) is 1. The molecule has 1 aliphatic heterocycles. The summed E-state index contributed by atoms with van der Waals surface area (Å²) in [4.78, 5) is 38.9. The van der Waals surface area contributed by atoms with E-state index in [1.165, 1.54) is 0 Å². The first kappa shape index (κ1) is 23.8. The Kier molecular flexibility index (Phi) is 6.55. The third-order valence-electron chi connectivity index (χ3n) is 7.54. The Balaban J connectivity index is 1.44. The standard InChI is InChI=1S/C27H29ClN2O5/c28-17-10-8-16(9-11-17)15-35-25(32)23(31)14-27(26(33)34,30-18-12-13-18)24-19-4-1-2-6-21(19)29-22-7-3-5-20(22)24/h1-2,4,6,8-11,18,20,22,24,29-30H,3,5,7,12-15H2,(H,33,34)/t20-,22+,24?,27?/m0/s1. The van der Waals surface area contributed by atoms with Crippen LogP contribution in [0.5, 0.6) is 0 Å². The third kappa shape index (κ3) is 4.80. The van der Waals surface area contributed by atoms with E-state index in [0.717, 1.165) is 43.4 Å². The molecule has 5 rings (SSSR count). The van der Waals surface area contributed by atoms with Gasteiger partial charge in [0.15, 0.2) is 0 Å². The molecule has 8 heteroatoms. The lowest BCUT2D eigenvalue weighted by Crippen LogP contribution is -2.62. The van der Waals surface area contributed by atoms with Gasteiger partial charge in [0.25, 0.3) is 0 Å². The molecule has 2 fully saturated rings. The zero-order valence-electron chi connectivity index (χ0n) is 19.3. The highest BCUT2D eigenvalue weighted by Gasteiger charge is 2.57. The Hall–Kier alpha value is -2.90. The van der Waals surface area contributed by atoms with Gasteiger partial charge in [0.05, 0.1) is 0 Å². The van der Waals surface area contributed by atoms with Crippen molar-refractivity contribution in [2.45, 2.75) is 68.7 Å². The Morgan fingerprint density at radius 1 is 1.06 bits per heavy atom. The van der Waals surface area contributed by atoms with Gasteiger partial charge in [-0.1, -0.05) is 48.4 Å². The third-order valence-corrected chi connectivity index (χ3v) is 7.79. The highest BCUT2D eigenvalue weighted by Crippen LogP contribution is 2.52. The van der Waals surface area contributed by atoms with Crippen molar-refractivity contribution in [2.75, 3.05) is 5.32 Å². The van der Waals surface area contributed by atoms with Crippen LogP contribution in [0, 0.1) is 5.92 Å². The van der Waals surface area contributed by atoms with E-state index in [2.05, 4.69) is 10.6 Å².